The Hall–Kier alpha value is -0.680. The first kappa shape index (κ1) is 25.6. The van der Waals surface area contributed by atoms with Crippen LogP contribution in [0.1, 0.15) is 26.7 Å². The van der Waals surface area contributed by atoms with Crippen LogP contribution in [0.3, 0.4) is 0 Å². The second-order valence-corrected chi connectivity index (χ2v) is 8.48. The zero-order valence-corrected chi connectivity index (χ0v) is 18.8. The average molecular weight is 432 g/mol. The number of aliphatic hydroxyl groups is 1. The van der Waals surface area contributed by atoms with Crippen molar-refractivity contribution in [2.75, 3.05) is 92.1 Å². The van der Waals surface area contributed by atoms with Crippen molar-refractivity contribution in [2.24, 2.45) is 10.6 Å². The third kappa shape index (κ3) is 9.21. The normalized spacial score (nSPS) is 21.4. The van der Waals surface area contributed by atoms with E-state index in [0.717, 1.165) is 52.2 Å². The highest BCUT2D eigenvalue weighted by atomic mass is 16.5. The van der Waals surface area contributed by atoms with Gasteiger partial charge in [0.25, 0.3) is 0 Å². The van der Waals surface area contributed by atoms with Crippen molar-refractivity contribution in [3.8, 4) is 0 Å². The van der Waals surface area contributed by atoms with E-state index in [4.69, 9.17) is 18.9 Å². The van der Waals surface area contributed by atoms with Gasteiger partial charge >= 0.3 is 0 Å². The molecule has 1 N–H and O–H groups in total. The van der Waals surface area contributed by atoms with E-state index in [1.807, 2.05) is 0 Å². The zero-order valence-electron chi connectivity index (χ0n) is 18.8. The van der Waals surface area contributed by atoms with Gasteiger partial charge in [-0.3, -0.25) is 9.80 Å². The van der Waals surface area contributed by atoms with E-state index in [9.17, 15) is 10.0 Å². The van der Waals surface area contributed by atoms with E-state index >= 15 is 0 Å². The molecule has 176 valence electrons. The smallest absolute Gasteiger partial charge is 0.128 e. The van der Waals surface area contributed by atoms with E-state index < -0.39 is 6.10 Å². The van der Waals surface area contributed by atoms with Crippen molar-refractivity contribution < 1.29 is 24.1 Å². The number of hydrogen-bond donors (Lipinski definition) is 1. The summed E-state index contributed by atoms with van der Waals surface area (Å²) in [7, 11) is 0. The van der Waals surface area contributed by atoms with Crippen molar-refractivity contribution in [3.05, 3.63) is 4.91 Å². The van der Waals surface area contributed by atoms with Crippen LogP contribution in [0.5, 0.6) is 0 Å². The molecule has 0 aliphatic carbocycles. The van der Waals surface area contributed by atoms with Gasteiger partial charge in [0.15, 0.2) is 0 Å². The Morgan fingerprint density at radius 1 is 0.900 bits per heavy atom. The number of aliphatic hydroxyl groups excluding tert-OH is 1. The quantitative estimate of drug-likeness (QED) is 0.384. The molecular weight excluding hydrogens is 390 g/mol. The van der Waals surface area contributed by atoms with Crippen LogP contribution >= 0.6 is 0 Å². The lowest BCUT2D eigenvalue weighted by atomic mass is 9.84. The molecule has 2 aliphatic rings. The van der Waals surface area contributed by atoms with Crippen LogP contribution in [0.4, 0.5) is 0 Å². The monoisotopic (exact) mass is 431 g/mol. The molecule has 0 bridgehead atoms. The topological polar surface area (TPSA) is 93.1 Å². The number of nitroso groups, excluding NO2 is 1. The van der Waals surface area contributed by atoms with Crippen molar-refractivity contribution in [1.82, 2.24) is 9.80 Å². The summed E-state index contributed by atoms with van der Waals surface area (Å²) in [5.74, 6) is 0. The van der Waals surface area contributed by atoms with Crippen LogP contribution in [0, 0.1) is 10.3 Å². The third-order valence-electron chi connectivity index (χ3n) is 6.23. The van der Waals surface area contributed by atoms with E-state index in [-0.39, 0.29) is 11.5 Å². The lowest BCUT2D eigenvalue weighted by Crippen LogP contribution is -2.43. The van der Waals surface area contributed by atoms with Gasteiger partial charge in [0.1, 0.15) is 6.04 Å². The molecular formula is C21H41N3O6. The molecule has 2 aliphatic heterocycles. The maximum Gasteiger partial charge on any atom is 0.128 e. The Labute approximate surface area is 180 Å². The van der Waals surface area contributed by atoms with Gasteiger partial charge in [-0.25, -0.2) is 0 Å². The summed E-state index contributed by atoms with van der Waals surface area (Å²) in [6.07, 6.45) is 1.31. The number of ether oxygens (including phenoxy) is 4. The number of nitrogens with zero attached hydrogens (tertiary/aromatic N) is 3. The number of rotatable bonds is 15. The van der Waals surface area contributed by atoms with Crippen LogP contribution in [-0.4, -0.2) is 119 Å². The van der Waals surface area contributed by atoms with Gasteiger partial charge in [-0.15, -0.1) is 0 Å². The summed E-state index contributed by atoms with van der Waals surface area (Å²) in [5, 5.41) is 13.5. The van der Waals surface area contributed by atoms with E-state index in [1.165, 1.54) is 0 Å². The van der Waals surface area contributed by atoms with Crippen LogP contribution in [0.15, 0.2) is 5.18 Å². The van der Waals surface area contributed by atoms with Gasteiger partial charge in [0, 0.05) is 44.7 Å². The second-order valence-electron chi connectivity index (χ2n) is 8.48. The Morgan fingerprint density at radius 3 is 1.90 bits per heavy atom. The standard InChI is InChI=1S/C21H41N3O6/c1-3-21(4-2,18-30-16-20(25)14-24-7-11-28-12-8-24)17-29-15-19(22-26)13-23-5-9-27-10-6-23/h19-20,25H,3-18H2,1-2H3. The average Bonchev–Trinajstić information content (AvgIpc) is 2.78. The molecule has 0 amide bonds. The Morgan fingerprint density at radius 2 is 1.40 bits per heavy atom. The number of morpholine rings is 2. The maximum atomic E-state index is 11.2. The lowest BCUT2D eigenvalue weighted by molar-refractivity contribution is -0.0606. The summed E-state index contributed by atoms with van der Waals surface area (Å²) in [4.78, 5) is 15.6. The summed E-state index contributed by atoms with van der Waals surface area (Å²) in [5.41, 5.74) is -0.120. The molecule has 0 aromatic heterocycles. The molecule has 2 unspecified atom stereocenters. The molecule has 2 rings (SSSR count). The van der Waals surface area contributed by atoms with Crippen LogP contribution < -0.4 is 0 Å². The highest BCUT2D eigenvalue weighted by molar-refractivity contribution is 4.78. The molecule has 2 fully saturated rings. The van der Waals surface area contributed by atoms with Crippen molar-refractivity contribution in [2.45, 2.75) is 38.8 Å². The maximum absolute atomic E-state index is 11.2. The first-order valence-electron chi connectivity index (χ1n) is 11.4. The summed E-state index contributed by atoms with van der Waals surface area (Å²) >= 11 is 0. The molecule has 0 saturated carbocycles. The summed E-state index contributed by atoms with van der Waals surface area (Å²) < 4.78 is 22.5. The molecule has 2 atom stereocenters. The fourth-order valence-electron chi connectivity index (χ4n) is 3.86. The molecule has 0 aromatic rings. The number of β-amino-alcohol motifs (C(OH)–C–C–N with tert-alkyl or cyclic N) is 1. The minimum atomic E-state index is -0.507. The fourth-order valence-corrected chi connectivity index (χ4v) is 3.86. The van der Waals surface area contributed by atoms with Gasteiger partial charge in [0.2, 0.25) is 0 Å². The second kappa shape index (κ2) is 14.4. The summed E-state index contributed by atoms with van der Waals surface area (Å²) in [6, 6.07) is -0.370. The highest BCUT2D eigenvalue weighted by Crippen LogP contribution is 2.27. The third-order valence-corrected chi connectivity index (χ3v) is 6.23. The first-order valence-corrected chi connectivity index (χ1v) is 11.4. The SMILES string of the molecule is CCC(CC)(COCC(O)CN1CCOCC1)COCC(CN1CCOCC1)N=O. The van der Waals surface area contributed by atoms with E-state index in [0.29, 0.717) is 52.7 Å². The Kier molecular flexibility index (Phi) is 12.3. The Bertz CT molecular complexity index is 454. The fraction of sp³-hybridized carbons (Fsp3) is 1.00. The predicted octanol–water partition coefficient (Wildman–Crippen LogP) is 0.986. The minimum absolute atomic E-state index is 0.120. The molecule has 0 radical (unpaired) electrons. The van der Waals surface area contributed by atoms with Crippen LogP contribution in [0.2, 0.25) is 0 Å². The van der Waals surface area contributed by atoms with Gasteiger partial charge in [-0.2, -0.15) is 4.91 Å². The molecule has 2 saturated heterocycles. The van der Waals surface area contributed by atoms with Crippen LogP contribution in [-0.2, 0) is 18.9 Å². The predicted molar refractivity (Wildman–Crippen MR) is 115 cm³/mol. The summed E-state index contributed by atoms with van der Waals surface area (Å²) in [6.45, 7) is 13.4. The molecule has 30 heavy (non-hydrogen) atoms. The minimum Gasteiger partial charge on any atom is -0.389 e. The van der Waals surface area contributed by atoms with Crippen molar-refractivity contribution in [1.29, 1.82) is 0 Å². The zero-order chi connectivity index (χ0) is 21.7. The number of hydrogen-bond acceptors (Lipinski definition) is 9. The van der Waals surface area contributed by atoms with E-state index in [1.54, 1.807) is 0 Å². The van der Waals surface area contributed by atoms with Gasteiger partial charge in [-0.05, 0) is 12.8 Å². The van der Waals surface area contributed by atoms with Crippen molar-refractivity contribution in [3.63, 3.8) is 0 Å². The van der Waals surface area contributed by atoms with E-state index in [2.05, 4.69) is 28.8 Å². The molecule has 9 nitrogen and oxygen atoms in total. The van der Waals surface area contributed by atoms with Gasteiger partial charge in [-0.1, -0.05) is 19.0 Å². The Balaban J connectivity index is 1.68. The molecule has 0 aromatic carbocycles. The molecule has 2 heterocycles. The largest absolute Gasteiger partial charge is 0.389 e. The highest BCUT2D eigenvalue weighted by Gasteiger charge is 2.28. The van der Waals surface area contributed by atoms with Crippen molar-refractivity contribution >= 4 is 0 Å². The molecule has 0 spiro atoms. The molecule has 9 heteroatoms. The van der Waals surface area contributed by atoms with Gasteiger partial charge in [0.05, 0.1) is 59.0 Å². The lowest BCUT2D eigenvalue weighted by Gasteiger charge is -2.33. The van der Waals surface area contributed by atoms with Gasteiger partial charge < -0.3 is 24.1 Å². The van der Waals surface area contributed by atoms with Crippen LogP contribution in [0.25, 0.3) is 0 Å². The first-order chi connectivity index (χ1) is 14.6.